The van der Waals surface area contributed by atoms with Crippen molar-refractivity contribution in [3.63, 3.8) is 0 Å². The largest absolute Gasteiger partial charge is 0.497 e. The first-order chi connectivity index (χ1) is 9.11. The fourth-order valence-corrected chi connectivity index (χ4v) is 1.87. The van der Waals surface area contributed by atoms with E-state index in [2.05, 4.69) is 4.90 Å². The van der Waals surface area contributed by atoms with Crippen molar-refractivity contribution in [1.82, 2.24) is 0 Å². The summed E-state index contributed by atoms with van der Waals surface area (Å²) in [5.74, 6) is 0.919. The average molecular weight is 255 g/mol. The number of anilines is 2. The van der Waals surface area contributed by atoms with Gasteiger partial charge in [-0.1, -0.05) is 0 Å². The molecule has 2 aromatic rings. The Morgan fingerprint density at radius 1 is 0.947 bits per heavy atom. The molecule has 0 heterocycles. The second kappa shape index (κ2) is 5.57. The number of ketones is 1. The third-order valence-electron chi connectivity index (χ3n) is 3.12. The molecule has 0 unspecified atom stereocenters. The van der Waals surface area contributed by atoms with E-state index in [1.165, 1.54) is 0 Å². The van der Waals surface area contributed by atoms with Gasteiger partial charge in [-0.15, -0.1) is 0 Å². The molecule has 0 N–H and O–H groups in total. The van der Waals surface area contributed by atoms with Crippen LogP contribution in [0.3, 0.4) is 0 Å². The number of Topliss-reactive ketones (excluding diaryl/α,β-unsaturated/α-hetero) is 1. The highest BCUT2D eigenvalue weighted by molar-refractivity contribution is 5.94. The lowest BCUT2D eigenvalue weighted by Gasteiger charge is -2.20. The lowest BCUT2D eigenvalue weighted by atomic mass is 10.1. The molecule has 0 bridgehead atoms. The maximum Gasteiger partial charge on any atom is 0.159 e. The molecule has 2 rings (SSSR count). The molecule has 0 saturated carbocycles. The van der Waals surface area contributed by atoms with Gasteiger partial charge in [0.25, 0.3) is 0 Å². The van der Waals surface area contributed by atoms with Gasteiger partial charge in [0, 0.05) is 24.0 Å². The second-order valence-electron chi connectivity index (χ2n) is 4.36. The molecule has 98 valence electrons. The molecule has 19 heavy (non-hydrogen) atoms. The first-order valence-corrected chi connectivity index (χ1v) is 6.10. The van der Waals surface area contributed by atoms with E-state index in [0.29, 0.717) is 0 Å². The second-order valence-corrected chi connectivity index (χ2v) is 4.36. The Morgan fingerprint density at radius 3 is 1.84 bits per heavy atom. The minimum Gasteiger partial charge on any atom is -0.497 e. The number of ether oxygens (including phenoxy) is 1. The summed E-state index contributed by atoms with van der Waals surface area (Å²) in [6, 6.07) is 15.4. The Labute approximate surface area is 113 Å². The van der Waals surface area contributed by atoms with E-state index in [4.69, 9.17) is 4.74 Å². The van der Waals surface area contributed by atoms with Crippen molar-refractivity contribution < 1.29 is 9.53 Å². The molecule has 0 radical (unpaired) electrons. The fourth-order valence-electron chi connectivity index (χ4n) is 1.87. The maximum atomic E-state index is 11.2. The van der Waals surface area contributed by atoms with Crippen LogP contribution >= 0.6 is 0 Å². The topological polar surface area (TPSA) is 29.5 Å². The van der Waals surface area contributed by atoms with Gasteiger partial charge in [0.2, 0.25) is 0 Å². The highest BCUT2D eigenvalue weighted by Gasteiger charge is 2.05. The molecule has 0 aliphatic heterocycles. The molecule has 0 aliphatic rings. The third kappa shape index (κ3) is 2.94. The van der Waals surface area contributed by atoms with Gasteiger partial charge >= 0.3 is 0 Å². The van der Waals surface area contributed by atoms with E-state index in [0.717, 1.165) is 22.7 Å². The van der Waals surface area contributed by atoms with Crippen LogP contribution in [0.4, 0.5) is 11.4 Å². The SMILES string of the molecule is COc1ccc(N(C)c2ccc(C(C)=O)cc2)cc1. The van der Waals surface area contributed by atoms with Crippen molar-refractivity contribution in [2.24, 2.45) is 0 Å². The molecular weight excluding hydrogens is 238 g/mol. The number of hydrogen-bond donors (Lipinski definition) is 0. The molecular formula is C16H17NO2. The fraction of sp³-hybridized carbons (Fsp3) is 0.188. The lowest BCUT2D eigenvalue weighted by molar-refractivity contribution is 0.101. The Hall–Kier alpha value is -2.29. The van der Waals surface area contributed by atoms with Crippen molar-refractivity contribution in [3.8, 4) is 5.75 Å². The van der Waals surface area contributed by atoms with E-state index in [-0.39, 0.29) is 5.78 Å². The minimum absolute atomic E-state index is 0.0821. The summed E-state index contributed by atoms with van der Waals surface area (Å²) >= 11 is 0. The van der Waals surface area contributed by atoms with Crippen LogP contribution in [-0.4, -0.2) is 19.9 Å². The van der Waals surface area contributed by atoms with Crippen LogP contribution in [0, 0.1) is 0 Å². The van der Waals surface area contributed by atoms with Crippen LogP contribution in [0.5, 0.6) is 5.75 Å². The van der Waals surface area contributed by atoms with Gasteiger partial charge in [-0.05, 0) is 55.5 Å². The van der Waals surface area contributed by atoms with Gasteiger partial charge in [-0.25, -0.2) is 0 Å². The van der Waals surface area contributed by atoms with Crippen molar-refractivity contribution in [2.75, 3.05) is 19.1 Å². The molecule has 0 spiro atoms. The highest BCUT2D eigenvalue weighted by Crippen LogP contribution is 2.25. The van der Waals surface area contributed by atoms with Crippen LogP contribution < -0.4 is 9.64 Å². The molecule has 2 aromatic carbocycles. The molecule has 0 atom stereocenters. The maximum absolute atomic E-state index is 11.2. The van der Waals surface area contributed by atoms with Crippen LogP contribution in [0.1, 0.15) is 17.3 Å². The summed E-state index contributed by atoms with van der Waals surface area (Å²) < 4.78 is 5.14. The standard InChI is InChI=1S/C16H17NO2/c1-12(18)13-4-6-14(7-5-13)17(2)15-8-10-16(19-3)11-9-15/h4-11H,1-3H3. The zero-order valence-electron chi connectivity index (χ0n) is 11.4. The number of hydrogen-bond acceptors (Lipinski definition) is 3. The number of rotatable bonds is 4. The molecule has 0 fully saturated rings. The quantitative estimate of drug-likeness (QED) is 0.781. The number of benzene rings is 2. The average Bonchev–Trinajstić information content (AvgIpc) is 2.46. The number of carbonyl (C=O) groups is 1. The summed E-state index contributed by atoms with van der Waals surface area (Å²) in [5, 5.41) is 0. The van der Waals surface area contributed by atoms with E-state index < -0.39 is 0 Å². The predicted molar refractivity (Wildman–Crippen MR) is 77.5 cm³/mol. The third-order valence-corrected chi connectivity index (χ3v) is 3.12. The van der Waals surface area contributed by atoms with Gasteiger partial charge in [-0.3, -0.25) is 4.79 Å². The summed E-state index contributed by atoms with van der Waals surface area (Å²) in [7, 11) is 3.64. The van der Waals surface area contributed by atoms with Gasteiger partial charge in [0.05, 0.1) is 7.11 Å². The zero-order chi connectivity index (χ0) is 13.8. The zero-order valence-corrected chi connectivity index (χ0v) is 11.4. The van der Waals surface area contributed by atoms with Gasteiger partial charge in [0.15, 0.2) is 5.78 Å². The number of methoxy groups -OCH3 is 1. The van der Waals surface area contributed by atoms with Crippen LogP contribution in [0.25, 0.3) is 0 Å². The summed E-state index contributed by atoms with van der Waals surface area (Å²) in [6.07, 6.45) is 0. The molecule has 3 nitrogen and oxygen atoms in total. The molecule has 0 amide bonds. The smallest absolute Gasteiger partial charge is 0.159 e. The van der Waals surface area contributed by atoms with Crippen LogP contribution in [0.15, 0.2) is 48.5 Å². The first kappa shape index (κ1) is 13.1. The normalized spacial score (nSPS) is 10.1. The molecule has 0 aliphatic carbocycles. The van der Waals surface area contributed by atoms with Gasteiger partial charge in [0.1, 0.15) is 5.75 Å². The summed E-state index contributed by atoms with van der Waals surface area (Å²) in [5.41, 5.74) is 2.83. The van der Waals surface area contributed by atoms with Crippen molar-refractivity contribution in [3.05, 3.63) is 54.1 Å². The Kier molecular flexibility index (Phi) is 3.85. The first-order valence-electron chi connectivity index (χ1n) is 6.10. The van der Waals surface area contributed by atoms with E-state index in [1.807, 2.05) is 55.6 Å². The summed E-state index contributed by atoms with van der Waals surface area (Å²) in [6.45, 7) is 1.57. The van der Waals surface area contributed by atoms with Crippen LogP contribution in [0.2, 0.25) is 0 Å². The van der Waals surface area contributed by atoms with E-state index in [1.54, 1.807) is 14.0 Å². The van der Waals surface area contributed by atoms with Crippen molar-refractivity contribution >= 4 is 17.2 Å². The highest BCUT2D eigenvalue weighted by atomic mass is 16.5. The lowest BCUT2D eigenvalue weighted by Crippen LogP contribution is -2.09. The monoisotopic (exact) mass is 255 g/mol. The Balaban J connectivity index is 2.22. The van der Waals surface area contributed by atoms with Crippen molar-refractivity contribution in [1.29, 1.82) is 0 Å². The summed E-state index contributed by atoms with van der Waals surface area (Å²) in [4.78, 5) is 13.3. The van der Waals surface area contributed by atoms with Gasteiger partial charge in [-0.2, -0.15) is 0 Å². The minimum atomic E-state index is 0.0821. The Bertz CT molecular complexity index is 558. The molecule has 0 saturated heterocycles. The number of carbonyl (C=O) groups excluding carboxylic acids is 1. The predicted octanol–water partition coefficient (Wildman–Crippen LogP) is 3.67. The van der Waals surface area contributed by atoms with Gasteiger partial charge < -0.3 is 9.64 Å². The molecule has 0 aromatic heterocycles. The van der Waals surface area contributed by atoms with E-state index in [9.17, 15) is 4.79 Å². The van der Waals surface area contributed by atoms with Crippen molar-refractivity contribution in [2.45, 2.75) is 6.92 Å². The Morgan fingerprint density at radius 2 is 1.42 bits per heavy atom. The molecule has 3 heteroatoms. The van der Waals surface area contributed by atoms with Crippen LogP contribution in [-0.2, 0) is 0 Å². The number of nitrogens with zero attached hydrogens (tertiary/aromatic N) is 1. The van der Waals surface area contributed by atoms with E-state index >= 15 is 0 Å².